The van der Waals surface area contributed by atoms with Crippen LogP contribution in [0.3, 0.4) is 0 Å². The lowest BCUT2D eigenvalue weighted by Gasteiger charge is -2.49. The number of halogens is 4. The van der Waals surface area contributed by atoms with Crippen LogP contribution in [-0.2, 0) is 6.18 Å². The van der Waals surface area contributed by atoms with E-state index in [9.17, 15) is 18.3 Å². The number of aliphatic hydroxyl groups excluding tert-OH is 1. The highest BCUT2D eigenvalue weighted by Gasteiger charge is 2.47. The first-order chi connectivity index (χ1) is 8.62. The van der Waals surface area contributed by atoms with Crippen LogP contribution in [0.2, 0.25) is 5.02 Å². The van der Waals surface area contributed by atoms with Gasteiger partial charge < -0.3 is 10.4 Å². The van der Waals surface area contributed by atoms with Crippen LogP contribution in [-0.4, -0.2) is 17.3 Å². The molecule has 1 aromatic rings. The van der Waals surface area contributed by atoms with Gasteiger partial charge in [-0.25, -0.2) is 0 Å². The highest BCUT2D eigenvalue weighted by atomic mass is 35.5. The third-order valence-corrected chi connectivity index (χ3v) is 4.16. The quantitative estimate of drug-likeness (QED) is 0.866. The molecule has 2 atom stereocenters. The molecule has 1 aromatic carbocycles. The molecule has 1 aliphatic rings. The topological polar surface area (TPSA) is 32.3 Å². The van der Waals surface area contributed by atoms with Gasteiger partial charge in [-0.05, 0) is 24.6 Å². The Labute approximate surface area is 114 Å². The largest absolute Gasteiger partial charge is 0.417 e. The number of alkyl halides is 3. The van der Waals surface area contributed by atoms with E-state index >= 15 is 0 Å². The fraction of sp³-hybridized carbons (Fsp3) is 0.538. The Morgan fingerprint density at radius 3 is 2.47 bits per heavy atom. The van der Waals surface area contributed by atoms with Gasteiger partial charge in [0.15, 0.2) is 0 Å². The van der Waals surface area contributed by atoms with Crippen molar-refractivity contribution in [3.05, 3.63) is 28.8 Å². The molecule has 1 aliphatic carbocycles. The van der Waals surface area contributed by atoms with E-state index in [1.54, 1.807) is 0 Å². The molecule has 0 heterocycles. The van der Waals surface area contributed by atoms with E-state index < -0.39 is 17.8 Å². The lowest BCUT2D eigenvalue weighted by atomic mass is 9.64. The average Bonchev–Trinajstić information content (AvgIpc) is 2.29. The van der Waals surface area contributed by atoms with E-state index in [0.29, 0.717) is 12.1 Å². The minimum Gasteiger partial charge on any atom is -0.392 e. The van der Waals surface area contributed by atoms with Crippen molar-refractivity contribution in [2.45, 2.75) is 38.6 Å². The van der Waals surface area contributed by atoms with E-state index in [0.717, 1.165) is 6.07 Å². The van der Waals surface area contributed by atoms with Crippen molar-refractivity contribution in [3.63, 3.8) is 0 Å². The molecule has 0 radical (unpaired) electrons. The second-order valence-corrected chi connectivity index (χ2v) is 5.87. The summed E-state index contributed by atoms with van der Waals surface area (Å²) in [4.78, 5) is 0. The maximum Gasteiger partial charge on any atom is 0.417 e. The Morgan fingerprint density at radius 2 is 2.00 bits per heavy atom. The van der Waals surface area contributed by atoms with Crippen LogP contribution < -0.4 is 5.32 Å². The summed E-state index contributed by atoms with van der Waals surface area (Å²) in [6, 6.07) is 3.70. The Bertz CT molecular complexity index is 487. The predicted molar refractivity (Wildman–Crippen MR) is 68.3 cm³/mol. The van der Waals surface area contributed by atoms with Gasteiger partial charge in [0.1, 0.15) is 0 Å². The highest BCUT2D eigenvalue weighted by Crippen LogP contribution is 2.43. The number of aliphatic hydroxyl groups is 1. The molecule has 0 aromatic heterocycles. The molecule has 6 heteroatoms. The summed E-state index contributed by atoms with van der Waals surface area (Å²) in [5.41, 5.74) is -0.837. The van der Waals surface area contributed by atoms with Crippen LogP contribution in [0.5, 0.6) is 0 Å². The number of nitrogens with one attached hydrogen (secondary N) is 1. The van der Waals surface area contributed by atoms with Crippen LogP contribution in [0.4, 0.5) is 18.9 Å². The zero-order chi connectivity index (χ0) is 14.4. The zero-order valence-electron chi connectivity index (χ0n) is 10.6. The Morgan fingerprint density at radius 1 is 1.37 bits per heavy atom. The van der Waals surface area contributed by atoms with Crippen molar-refractivity contribution in [1.29, 1.82) is 0 Å². The summed E-state index contributed by atoms with van der Waals surface area (Å²) in [6.45, 7) is 3.75. The number of benzene rings is 1. The molecule has 0 saturated heterocycles. The van der Waals surface area contributed by atoms with Gasteiger partial charge in [0.05, 0.1) is 16.7 Å². The van der Waals surface area contributed by atoms with Gasteiger partial charge in [-0.1, -0.05) is 25.4 Å². The first kappa shape index (κ1) is 14.5. The standard InChI is InChI=1S/C13H15ClF3NO/c1-12(2)10(6-11(12)19)18-7-3-4-9(14)8(5-7)13(15,16)17/h3-5,10-11,18-19H,6H2,1-2H3. The summed E-state index contributed by atoms with van der Waals surface area (Å²) in [6.07, 6.45) is -4.38. The first-order valence-electron chi connectivity index (χ1n) is 5.93. The predicted octanol–water partition coefficient (Wildman–Crippen LogP) is 3.93. The summed E-state index contributed by atoms with van der Waals surface area (Å²) in [5, 5.41) is 12.3. The SMILES string of the molecule is CC1(C)C(O)CC1Nc1ccc(Cl)c(C(F)(F)F)c1. The van der Waals surface area contributed by atoms with Crippen molar-refractivity contribution in [3.8, 4) is 0 Å². The lowest BCUT2D eigenvalue weighted by molar-refractivity contribution is -0.137. The molecule has 0 bridgehead atoms. The van der Waals surface area contributed by atoms with Gasteiger partial charge in [-0.3, -0.25) is 0 Å². The second kappa shape index (κ2) is 4.56. The smallest absolute Gasteiger partial charge is 0.392 e. The molecular weight excluding hydrogens is 279 g/mol. The molecule has 0 amide bonds. The fourth-order valence-electron chi connectivity index (χ4n) is 2.18. The molecule has 1 fully saturated rings. The molecule has 106 valence electrons. The number of anilines is 1. The molecular formula is C13H15ClF3NO. The van der Waals surface area contributed by atoms with Crippen LogP contribution in [0.1, 0.15) is 25.8 Å². The Balaban J connectivity index is 2.19. The Kier molecular flexibility index (Phi) is 3.47. The van der Waals surface area contributed by atoms with E-state index in [4.69, 9.17) is 11.6 Å². The van der Waals surface area contributed by atoms with Crippen LogP contribution >= 0.6 is 11.6 Å². The van der Waals surface area contributed by atoms with Crippen molar-refractivity contribution in [1.82, 2.24) is 0 Å². The fourth-order valence-corrected chi connectivity index (χ4v) is 2.41. The number of rotatable bonds is 2. The van der Waals surface area contributed by atoms with Crippen molar-refractivity contribution in [2.24, 2.45) is 5.41 Å². The van der Waals surface area contributed by atoms with Gasteiger partial charge in [-0.2, -0.15) is 13.2 Å². The molecule has 19 heavy (non-hydrogen) atoms. The maximum absolute atomic E-state index is 12.7. The minimum absolute atomic E-state index is 0.0511. The molecule has 2 unspecified atom stereocenters. The van der Waals surface area contributed by atoms with E-state index in [-0.39, 0.29) is 16.5 Å². The van der Waals surface area contributed by atoms with E-state index in [1.165, 1.54) is 12.1 Å². The van der Waals surface area contributed by atoms with Crippen molar-refractivity contribution in [2.75, 3.05) is 5.32 Å². The lowest BCUT2D eigenvalue weighted by Crippen LogP contribution is -2.56. The van der Waals surface area contributed by atoms with Gasteiger partial charge in [-0.15, -0.1) is 0 Å². The number of hydrogen-bond donors (Lipinski definition) is 2. The van der Waals surface area contributed by atoms with Gasteiger partial charge in [0.2, 0.25) is 0 Å². The number of hydrogen-bond acceptors (Lipinski definition) is 2. The average molecular weight is 294 g/mol. The normalized spacial score (nSPS) is 25.8. The maximum atomic E-state index is 12.7. The minimum atomic E-state index is -4.47. The molecule has 1 saturated carbocycles. The van der Waals surface area contributed by atoms with Crippen molar-refractivity contribution < 1.29 is 18.3 Å². The van der Waals surface area contributed by atoms with E-state index in [2.05, 4.69) is 5.32 Å². The summed E-state index contributed by atoms with van der Waals surface area (Å²) in [7, 11) is 0. The molecule has 2 rings (SSSR count). The van der Waals surface area contributed by atoms with Crippen LogP contribution in [0.25, 0.3) is 0 Å². The molecule has 0 spiro atoms. The Hall–Kier alpha value is -0.940. The zero-order valence-corrected chi connectivity index (χ0v) is 11.3. The second-order valence-electron chi connectivity index (χ2n) is 5.46. The summed E-state index contributed by atoms with van der Waals surface area (Å²) >= 11 is 5.56. The van der Waals surface area contributed by atoms with Crippen LogP contribution in [0.15, 0.2) is 18.2 Å². The summed E-state index contributed by atoms with van der Waals surface area (Å²) < 4.78 is 38.2. The van der Waals surface area contributed by atoms with Crippen LogP contribution in [0, 0.1) is 5.41 Å². The molecule has 0 aliphatic heterocycles. The monoisotopic (exact) mass is 293 g/mol. The molecule has 2 nitrogen and oxygen atoms in total. The third kappa shape index (κ3) is 2.67. The highest BCUT2D eigenvalue weighted by molar-refractivity contribution is 6.31. The van der Waals surface area contributed by atoms with Crippen molar-refractivity contribution >= 4 is 17.3 Å². The third-order valence-electron chi connectivity index (χ3n) is 3.83. The molecule has 2 N–H and O–H groups in total. The summed E-state index contributed by atoms with van der Waals surface area (Å²) in [5.74, 6) is 0. The van der Waals surface area contributed by atoms with Gasteiger partial charge in [0, 0.05) is 17.1 Å². The van der Waals surface area contributed by atoms with E-state index in [1.807, 2.05) is 13.8 Å². The van der Waals surface area contributed by atoms with Gasteiger partial charge >= 0.3 is 6.18 Å². The van der Waals surface area contributed by atoms with Gasteiger partial charge in [0.25, 0.3) is 0 Å². The first-order valence-corrected chi connectivity index (χ1v) is 6.31.